The molecule has 3 aromatic rings. The first-order chi connectivity index (χ1) is 12.1. The second-order valence-electron chi connectivity index (χ2n) is 5.78. The van der Waals surface area contributed by atoms with Gasteiger partial charge < -0.3 is 14.3 Å². The number of nitrogens with zero attached hydrogens (tertiary/aromatic N) is 1. The highest BCUT2D eigenvalue weighted by Crippen LogP contribution is 2.25. The van der Waals surface area contributed by atoms with Crippen molar-refractivity contribution in [3.05, 3.63) is 65.1 Å². The first-order valence-electron chi connectivity index (χ1n) is 7.88. The third kappa shape index (κ3) is 3.64. The van der Waals surface area contributed by atoms with Crippen LogP contribution in [0.4, 0.5) is 0 Å². The molecule has 25 heavy (non-hydrogen) atoms. The van der Waals surface area contributed by atoms with Crippen LogP contribution in [0.1, 0.15) is 22.5 Å². The molecule has 5 nitrogen and oxygen atoms in total. The molecule has 1 heterocycles. The van der Waals surface area contributed by atoms with Gasteiger partial charge in [0.05, 0.1) is 31.4 Å². The summed E-state index contributed by atoms with van der Waals surface area (Å²) in [6.07, 6.45) is 2.91. The number of hydrogen-bond donors (Lipinski definition) is 1. The molecule has 0 unspecified atom stereocenters. The summed E-state index contributed by atoms with van der Waals surface area (Å²) in [5.74, 6) is 0.603. The molecule has 126 valence electrons. The van der Waals surface area contributed by atoms with E-state index in [4.69, 9.17) is 19.5 Å². The SMILES string of the molecule is COc1ccc(CCc2occ3cc(C#N)ccc23)c(CC(=O)O)c1. The number of methoxy groups -OCH3 is 1. The normalized spacial score (nSPS) is 10.6. The van der Waals surface area contributed by atoms with Crippen LogP contribution in [0.3, 0.4) is 0 Å². The van der Waals surface area contributed by atoms with E-state index >= 15 is 0 Å². The van der Waals surface area contributed by atoms with Crippen LogP contribution in [-0.4, -0.2) is 18.2 Å². The molecule has 3 rings (SSSR count). The number of aliphatic carboxylic acids is 1. The van der Waals surface area contributed by atoms with Gasteiger partial charge in [0.25, 0.3) is 0 Å². The van der Waals surface area contributed by atoms with Crippen molar-refractivity contribution >= 4 is 16.7 Å². The van der Waals surface area contributed by atoms with E-state index in [0.717, 1.165) is 27.7 Å². The molecule has 5 heteroatoms. The Labute approximate surface area is 145 Å². The second-order valence-corrected chi connectivity index (χ2v) is 5.78. The quantitative estimate of drug-likeness (QED) is 0.742. The Morgan fingerprint density at radius 3 is 2.76 bits per heavy atom. The van der Waals surface area contributed by atoms with Crippen LogP contribution >= 0.6 is 0 Å². The average molecular weight is 335 g/mol. The molecule has 0 bridgehead atoms. The van der Waals surface area contributed by atoms with Crippen molar-refractivity contribution in [2.45, 2.75) is 19.3 Å². The Kier molecular flexibility index (Phi) is 4.71. The number of carboxylic acids is 1. The maximum atomic E-state index is 11.1. The summed E-state index contributed by atoms with van der Waals surface area (Å²) >= 11 is 0. The Balaban J connectivity index is 1.84. The molecule has 1 aromatic heterocycles. The fraction of sp³-hybridized carbons (Fsp3) is 0.200. The van der Waals surface area contributed by atoms with Crippen LogP contribution in [0.15, 0.2) is 47.1 Å². The zero-order valence-electron chi connectivity index (χ0n) is 13.8. The zero-order valence-corrected chi connectivity index (χ0v) is 13.8. The molecule has 0 aliphatic rings. The van der Waals surface area contributed by atoms with Crippen LogP contribution in [0.25, 0.3) is 10.8 Å². The van der Waals surface area contributed by atoms with E-state index in [1.54, 1.807) is 31.6 Å². The van der Waals surface area contributed by atoms with E-state index in [1.165, 1.54) is 0 Å². The topological polar surface area (TPSA) is 83.5 Å². The average Bonchev–Trinajstić information content (AvgIpc) is 3.02. The molecule has 0 aliphatic heterocycles. The van der Waals surface area contributed by atoms with Crippen molar-refractivity contribution in [2.24, 2.45) is 0 Å². The Bertz CT molecular complexity index is 965. The van der Waals surface area contributed by atoms with E-state index < -0.39 is 5.97 Å². The number of aryl methyl sites for hydroxylation is 2. The van der Waals surface area contributed by atoms with Gasteiger partial charge in [-0.15, -0.1) is 0 Å². The van der Waals surface area contributed by atoms with Gasteiger partial charge in [-0.3, -0.25) is 4.79 Å². The van der Waals surface area contributed by atoms with E-state index in [9.17, 15) is 4.79 Å². The number of rotatable bonds is 6. The zero-order chi connectivity index (χ0) is 17.8. The molecule has 0 saturated carbocycles. The third-order valence-electron chi connectivity index (χ3n) is 4.19. The van der Waals surface area contributed by atoms with E-state index in [0.29, 0.717) is 24.2 Å². The number of benzene rings is 2. The minimum absolute atomic E-state index is 0.0447. The lowest BCUT2D eigenvalue weighted by Crippen LogP contribution is -2.05. The van der Waals surface area contributed by atoms with E-state index in [2.05, 4.69) is 6.07 Å². The number of nitriles is 1. The van der Waals surface area contributed by atoms with Gasteiger partial charge in [-0.2, -0.15) is 5.26 Å². The summed E-state index contributed by atoms with van der Waals surface area (Å²) in [6, 6.07) is 13.1. The summed E-state index contributed by atoms with van der Waals surface area (Å²) < 4.78 is 10.8. The van der Waals surface area contributed by atoms with Gasteiger partial charge in [-0.25, -0.2) is 0 Å². The molecule has 0 aliphatic carbocycles. The largest absolute Gasteiger partial charge is 0.497 e. The van der Waals surface area contributed by atoms with Crippen molar-refractivity contribution < 1.29 is 19.1 Å². The van der Waals surface area contributed by atoms with Crippen LogP contribution in [-0.2, 0) is 24.1 Å². The van der Waals surface area contributed by atoms with Crippen molar-refractivity contribution in [1.82, 2.24) is 0 Å². The van der Waals surface area contributed by atoms with E-state index in [1.807, 2.05) is 18.2 Å². The van der Waals surface area contributed by atoms with E-state index in [-0.39, 0.29) is 6.42 Å². The Hall–Kier alpha value is -3.26. The summed E-state index contributed by atoms with van der Waals surface area (Å²) in [5.41, 5.74) is 2.30. The molecular formula is C20H17NO4. The highest BCUT2D eigenvalue weighted by molar-refractivity contribution is 5.85. The van der Waals surface area contributed by atoms with Gasteiger partial charge >= 0.3 is 5.97 Å². The molecule has 1 N–H and O–H groups in total. The fourth-order valence-corrected chi connectivity index (χ4v) is 2.92. The highest BCUT2D eigenvalue weighted by Gasteiger charge is 2.12. The first kappa shape index (κ1) is 16.6. The number of hydrogen-bond acceptors (Lipinski definition) is 4. The van der Waals surface area contributed by atoms with Crippen molar-refractivity contribution in [3.8, 4) is 11.8 Å². The minimum atomic E-state index is -0.873. The van der Waals surface area contributed by atoms with Crippen LogP contribution in [0.2, 0.25) is 0 Å². The number of furan rings is 1. The number of fused-ring (bicyclic) bond motifs is 1. The molecule has 0 saturated heterocycles. The van der Waals surface area contributed by atoms with Crippen LogP contribution < -0.4 is 4.74 Å². The standard InChI is InChI=1S/C20H17NO4/c1-24-17-5-3-14(15(9-17)10-20(22)23)4-7-19-18-6-2-13(11-21)8-16(18)12-25-19/h2-3,5-6,8-9,12H,4,7,10H2,1H3,(H,22,23). The lowest BCUT2D eigenvalue weighted by atomic mass is 9.98. The number of ether oxygens (including phenoxy) is 1. The van der Waals surface area contributed by atoms with Gasteiger partial charge in [-0.1, -0.05) is 6.07 Å². The number of carboxylic acid groups (broad SMARTS) is 1. The summed E-state index contributed by atoms with van der Waals surface area (Å²) in [6.45, 7) is 0. The van der Waals surface area contributed by atoms with Crippen LogP contribution in [0, 0.1) is 11.3 Å². The monoisotopic (exact) mass is 335 g/mol. The minimum Gasteiger partial charge on any atom is -0.497 e. The molecule has 0 spiro atoms. The summed E-state index contributed by atoms with van der Waals surface area (Å²) in [7, 11) is 1.56. The number of carbonyl (C=O) groups is 1. The Morgan fingerprint density at radius 2 is 2.04 bits per heavy atom. The maximum Gasteiger partial charge on any atom is 0.307 e. The third-order valence-corrected chi connectivity index (χ3v) is 4.19. The van der Waals surface area contributed by atoms with Gasteiger partial charge in [0, 0.05) is 17.2 Å². The predicted molar refractivity (Wildman–Crippen MR) is 92.7 cm³/mol. The van der Waals surface area contributed by atoms with Gasteiger partial charge in [0.1, 0.15) is 11.5 Å². The van der Waals surface area contributed by atoms with Gasteiger partial charge in [0.15, 0.2) is 0 Å². The Morgan fingerprint density at radius 1 is 1.20 bits per heavy atom. The van der Waals surface area contributed by atoms with Gasteiger partial charge in [-0.05, 0) is 47.9 Å². The molecule has 0 atom stereocenters. The molecule has 2 aromatic carbocycles. The van der Waals surface area contributed by atoms with Gasteiger partial charge in [0.2, 0.25) is 0 Å². The summed E-state index contributed by atoms with van der Waals surface area (Å²) in [5, 5.41) is 20.0. The predicted octanol–water partition coefficient (Wildman–Crippen LogP) is 3.73. The van der Waals surface area contributed by atoms with Crippen molar-refractivity contribution in [1.29, 1.82) is 5.26 Å². The maximum absolute atomic E-state index is 11.1. The van der Waals surface area contributed by atoms with Crippen molar-refractivity contribution in [2.75, 3.05) is 7.11 Å². The fourth-order valence-electron chi connectivity index (χ4n) is 2.92. The van der Waals surface area contributed by atoms with Crippen molar-refractivity contribution in [3.63, 3.8) is 0 Å². The lowest BCUT2D eigenvalue weighted by Gasteiger charge is -2.10. The molecule has 0 radical (unpaired) electrons. The molecule has 0 fully saturated rings. The molecule has 0 amide bonds. The highest BCUT2D eigenvalue weighted by atomic mass is 16.5. The smallest absolute Gasteiger partial charge is 0.307 e. The first-order valence-corrected chi connectivity index (χ1v) is 7.88. The molecular weight excluding hydrogens is 318 g/mol. The summed E-state index contributed by atoms with van der Waals surface area (Å²) in [4.78, 5) is 11.1. The second kappa shape index (κ2) is 7.10. The van der Waals surface area contributed by atoms with Crippen LogP contribution in [0.5, 0.6) is 5.75 Å². The lowest BCUT2D eigenvalue weighted by molar-refractivity contribution is -0.136.